The van der Waals surface area contributed by atoms with Crippen LogP contribution in [0.3, 0.4) is 0 Å². The first-order valence-electron chi connectivity index (χ1n) is 10.5. The van der Waals surface area contributed by atoms with Crippen LogP contribution in [-0.2, 0) is 14.9 Å². The summed E-state index contributed by atoms with van der Waals surface area (Å²) in [5, 5.41) is 11.1. The van der Waals surface area contributed by atoms with Gasteiger partial charge < -0.3 is 9.84 Å². The minimum absolute atomic E-state index is 0.0527. The van der Waals surface area contributed by atoms with Gasteiger partial charge in [0.05, 0.1) is 11.6 Å². The van der Waals surface area contributed by atoms with Gasteiger partial charge in [-0.25, -0.2) is 4.79 Å². The Hall–Kier alpha value is -1.91. The Morgan fingerprint density at radius 1 is 1.21 bits per heavy atom. The average molecular weight is 380 g/mol. The molecule has 0 saturated carbocycles. The van der Waals surface area contributed by atoms with E-state index in [1.54, 1.807) is 0 Å². The Labute approximate surface area is 166 Å². The van der Waals surface area contributed by atoms with E-state index in [-0.39, 0.29) is 17.4 Å². The number of piperidine rings is 1. The Morgan fingerprint density at radius 3 is 2.68 bits per heavy atom. The molecule has 1 N–H and O–H groups in total. The van der Waals surface area contributed by atoms with E-state index in [2.05, 4.69) is 37.8 Å². The van der Waals surface area contributed by atoms with Gasteiger partial charge in [0.25, 0.3) is 0 Å². The zero-order chi connectivity index (χ0) is 19.7. The molecule has 5 rings (SSSR count). The number of nitrogens with zero attached hydrogens (tertiary/aromatic N) is 1. The van der Waals surface area contributed by atoms with Crippen LogP contribution < -0.4 is 0 Å². The van der Waals surface area contributed by atoms with Gasteiger partial charge in [-0.15, -0.1) is 0 Å². The molecule has 3 heterocycles. The molecule has 0 aromatic heterocycles. The maximum absolute atomic E-state index is 12.9. The lowest BCUT2D eigenvalue weighted by atomic mass is 9.78. The zero-order valence-electron chi connectivity index (χ0n) is 16.9. The van der Waals surface area contributed by atoms with Gasteiger partial charge in [-0.05, 0) is 35.9 Å². The second-order valence-electron chi connectivity index (χ2n) is 9.76. The van der Waals surface area contributed by atoms with E-state index < -0.39 is 11.7 Å². The van der Waals surface area contributed by atoms with E-state index in [1.165, 1.54) is 18.4 Å². The largest absolute Gasteiger partial charge is 0.449 e. The lowest BCUT2D eigenvalue weighted by molar-refractivity contribution is -0.150. The van der Waals surface area contributed by atoms with Crippen molar-refractivity contribution in [3.05, 3.63) is 58.7 Å². The fraction of sp³-hybridized carbons (Fsp3) is 0.542. The van der Waals surface area contributed by atoms with Crippen molar-refractivity contribution < 1.29 is 14.6 Å². The molecule has 2 bridgehead atoms. The highest BCUT2D eigenvalue weighted by Crippen LogP contribution is 2.54. The monoisotopic (exact) mass is 379 g/mol. The number of esters is 1. The van der Waals surface area contributed by atoms with Crippen LogP contribution in [0.2, 0.25) is 0 Å². The molecule has 1 spiro atoms. The predicted octanol–water partition coefficient (Wildman–Crippen LogP) is 3.81. The van der Waals surface area contributed by atoms with Crippen molar-refractivity contribution >= 4 is 5.97 Å². The lowest BCUT2D eigenvalue weighted by Gasteiger charge is -2.37. The highest BCUT2D eigenvalue weighted by molar-refractivity contribution is 5.96. The standard InChI is InChI=1S/C24H29NO3/c1-23(2,3)16-9-7-15(8-10-16)21(26)20-18-12-11-17-14-24(18,28-22(20)27)19-6-4-5-13-25(17)19/h7-12,17,19,21,26H,4-6,13-14H2,1-3H3/t17-,19+,21?,24+/m1/s1. The van der Waals surface area contributed by atoms with Crippen LogP contribution in [0.4, 0.5) is 0 Å². The lowest BCUT2D eigenvalue weighted by Crippen LogP contribution is -2.48. The van der Waals surface area contributed by atoms with E-state index in [0.717, 1.165) is 30.5 Å². The molecule has 28 heavy (non-hydrogen) atoms. The maximum atomic E-state index is 12.9. The van der Waals surface area contributed by atoms with Gasteiger partial charge in [-0.3, -0.25) is 4.90 Å². The van der Waals surface area contributed by atoms with E-state index in [4.69, 9.17) is 4.74 Å². The number of carbonyl (C=O) groups excluding carboxylic acids is 1. The van der Waals surface area contributed by atoms with E-state index >= 15 is 0 Å². The molecule has 0 radical (unpaired) electrons. The van der Waals surface area contributed by atoms with Crippen molar-refractivity contribution in [2.24, 2.45) is 0 Å². The summed E-state index contributed by atoms with van der Waals surface area (Å²) in [6.45, 7) is 7.57. The van der Waals surface area contributed by atoms with Crippen LogP contribution in [0.5, 0.6) is 0 Å². The van der Waals surface area contributed by atoms with E-state index in [9.17, 15) is 9.90 Å². The van der Waals surface area contributed by atoms with Crippen LogP contribution in [0.1, 0.15) is 63.7 Å². The molecule has 1 aliphatic carbocycles. The van der Waals surface area contributed by atoms with Crippen LogP contribution >= 0.6 is 0 Å². The topological polar surface area (TPSA) is 49.8 Å². The average Bonchev–Trinajstić information content (AvgIpc) is 3.11. The molecule has 4 atom stereocenters. The number of carbonyl (C=O) groups is 1. The van der Waals surface area contributed by atoms with Crippen LogP contribution in [0.15, 0.2) is 47.6 Å². The first-order chi connectivity index (χ1) is 13.3. The minimum atomic E-state index is -0.949. The molecule has 4 aliphatic rings. The van der Waals surface area contributed by atoms with Crippen LogP contribution in [0.25, 0.3) is 0 Å². The summed E-state index contributed by atoms with van der Waals surface area (Å²) < 4.78 is 6.08. The van der Waals surface area contributed by atoms with Gasteiger partial charge in [-0.2, -0.15) is 0 Å². The number of hydrogen-bond donors (Lipinski definition) is 1. The van der Waals surface area contributed by atoms with Crippen molar-refractivity contribution in [1.29, 1.82) is 0 Å². The first kappa shape index (κ1) is 18.1. The molecule has 1 aromatic rings. The quantitative estimate of drug-likeness (QED) is 0.794. The molecule has 4 heteroatoms. The third-order valence-corrected chi connectivity index (χ3v) is 7.11. The van der Waals surface area contributed by atoms with Gasteiger partial charge in [0.15, 0.2) is 5.60 Å². The third kappa shape index (κ3) is 2.47. The second-order valence-corrected chi connectivity index (χ2v) is 9.76. The minimum Gasteiger partial charge on any atom is -0.449 e. The van der Waals surface area contributed by atoms with Crippen molar-refractivity contribution in [3.8, 4) is 0 Å². The predicted molar refractivity (Wildman–Crippen MR) is 108 cm³/mol. The zero-order valence-corrected chi connectivity index (χ0v) is 16.9. The summed E-state index contributed by atoms with van der Waals surface area (Å²) in [6, 6.07) is 8.57. The van der Waals surface area contributed by atoms with Crippen molar-refractivity contribution in [1.82, 2.24) is 4.90 Å². The summed E-state index contributed by atoms with van der Waals surface area (Å²) in [4.78, 5) is 15.5. The van der Waals surface area contributed by atoms with Crippen molar-refractivity contribution in [2.75, 3.05) is 6.54 Å². The molecule has 0 amide bonds. The normalized spacial score (nSPS) is 32.9. The molecular formula is C24H29NO3. The number of hydrogen-bond acceptors (Lipinski definition) is 4. The third-order valence-electron chi connectivity index (χ3n) is 7.11. The summed E-state index contributed by atoms with van der Waals surface area (Å²) in [7, 11) is 0. The molecule has 2 fully saturated rings. The smallest absolute Gasteiger partial charge is 0.338 e. The van der Waals surface area contributed by atoms with Gasteiger partial charge in [0, 0.05) is 18.0 Å². The molecular weight excluding hydrogens is 350 g/mol. The van der Waals surface area contributed by atoms with Gasteiger partial charge in [0.1, 0.15) is 6.10 Å². The Balaban J connectivity index is 1.54. The molecule has 148 valence electrons. The summed E-state index contributed by atoms with van der Waals surface area (Å²) in [5.41, 5.74) is 2.80. The summed E-state index contributed by atoms with van der Waals surface area (Å²) in [6.07, 6.45) is 7.57. The Morgan fingerprint density at radius 2 is 1.96 bits per heavy atom. The SMILES string of the molecule is CC(C)(C)c1ccc(C(O)C2=C3C=C[C@@H]4C[C@@]3(OC2=O)[C@@H]2CCCCN42)cc1. The van der Waals surface area contributed by atoms with E-state index in [0.29, 0.717) is 11.6 Å². The number of fused-ring (bicyclic) bond motifs is 3. The van der Waals surface area contributed by atoms with Crippen LogP contribution in [-0.4, -0.2) is 40.2 Å². The fourth-order valence-electron chi connectivity index (χ4n) is 5.64. The highest BCUT2D eigenvalue weighted by Gasteiger charge is 2.62. The molecule has 2 saturated heterocycles. The van der Waals surface area contributed by atoms with Gasteiger partial charge in [0.2, 0.25) is 0 Å². The van der Waals surface area contributed by atoms with Crippen LogP contribution in [0, 0.1) is 0 Å². The van der Waals surface area contributed by atoms with Gasteiger partial charge >= 0.3 is 5.97 Å². The van der Waals surface area contributed by atoms with Gasteiger partial charge in [-0.1, -0.05) is 63.6 Å². The summed E-state index contributed by atoms with van der Waals surface area (Å²) in [5.74, 6) is -0.347. The molecule has 1 unspecified atom stereocenters. The summed E-state index contributed by atoms with van der Waals surface area (Å²) >= 11 is 0. The molecule has 4 nitrogen and oxygen atoms in total. The molecule has 1 aromatic carbocycles. The van der Waals surface area contributed by atoms with E-state index in [1.807, 2.05) is 24.3 Å². The second kappa shape index (κ2) is 6.04. The number of benzene rings is 1. The van der Waals surface area contributed by atoms with Crippen molar-refractivity contribution in [3.63, 3.8) is 0 Å². The maximum Gasteiger partial charge on any atom is 0.338 e. The Kier molecular flexibility index (Phi) is 3.91. The highest BCUT2D eigenvalue weighted by atomic mass is 16.6. The number of ether oxygens (including phenoxy) is 1. The first-order valence-corrected chi connectivity index (χ1v) is 10.5. The Bertz CT molecular complexity index is 876. The number of aliphatic hydroxyl groups excluding tert-OH is 1. The number of rotatable bonds is 2. The number of aliphatic hydroxyl groups is 1. The fourth-order valence-corrected chi connectivity index (χ4v) is 5.64. The van der Waals surface area contributed by atoms with Crippen molar-refractivity contribution in [2.45, 2.75) is 75.7 Å². The molecule has 3 aliphatic heterocycles.